The summed E-state index contributed by atoms with van der Waals surface area (Å²) in [6.45, 7) is 0.469. The number of rotatable bonds is 4. The Morgan fingerprint density at radius 1 is 1.08 bits per heavy atom. The Balaban J connectivity index is 2.01. The van der Waals surface area contributed by atoms with Crippen LogP contribution >= 0.6 is 0 Å². The Kier molecular flexibility index (Phi) is 5.14. The normalized spacial score (nSPS) is 24.8. The molecular formula is C21H21N3O. The molecule has 3 atom stereocenters. The van der Waals surface area contributed by atoms with Crippen molar-refractivity contribution in [2.75, 3.05) is 0 Å². The Morgan fingerprint density at radius 2 is 1.72 bits per heavy atom. The zero-order valence-electron chi connectivity index (χ0n) is 14.0. The summed E-state index contributed by atoms with van der Waals surface area (Å²) in [4.78, 5) is 1.89. The average molecular weight is 331 g/mol. The molecule has 4 nitrogen and oxygen atoms in total. The smallest absolute Gasteiger partial charge is 0.140 e. The second-order valence-electron chi connectivity index (χ2n) is 6.50. The number of piperidine rings is 1. The van der Waals surface area contributed by atoms with E-state index in [-0.39, 0.29) is 6.04 Å². The first kappa shape index (κ1) is 17.2. The fraction of sp³-hybridized carbons (Fsp3) is 0.333. The number of likely N-dealkylation sites (tertiary alicyclic amines) is 1. The van der Waals surface area contributed by atoms with Crippen molar-refractivity contribution in [1.82, 2.24) is 4.90 Å². The molecule has 1 fully saturated rings. The first-order valence-corrected chi connectivity index (χ1v) is 8.56. The van der Waals surface area contributed by atoms with Gasteiger partial charge in [-0.2, -0.15) is 10.5 Å². The molecule has 1 N–H and O–H groups in total. The maximum Gasteiger partial charge on any atom is 0.140 e. The van der Waals surface area contributed by atoms with Crippen LogP contribution in [0.2, 0.25) is 0 Å². The highest BCUT2D eigenvalue weighted by molar-refractivity contribution is 5.29. The molecule has 0 spiro atoms. The summed E-state index contributed by atoms with van der Waals surface area (Å²) in [5, 5.41) is 30.8. The molecule has 0 saturated carbocycles. The fourth-order valence-electron chi connectivity index (χ4n) is 3.69. The lowest BCUT2D eigenvalue weighted by Gasteiger charge is -2.47. The van der Waals surface area contributed by atoms with E-state index in [9.17, 15) is 15.6 Å². The summed E-state index contributed by atoms with van der Waals surface area (Å²) in [5.74, 6) is 0. The molecule has 1 aliphatic rings. The lowest BCUT2D eigenvalue weighted by molar-refractivity contribution is -0.0432. The molecule has 1 aliphatic heterocycles. The van der Waals surface area contributed by atoms with Gasteiger partial charge in [-0.1, -0.05) is 60.7 Å². The van der Waals surface area contributed by atoms with E-state index < -0.39 is 11.6 Å². The van der Waals surface area contributed by atoms with Gasteiger partial charge in [-0.3, -0.25) is 4.90 Å². The van der Waals surface area contributed by atoms with Gasteiger partial charge in [0.15, 0.2) is 0 Å². The topological polar surface area (TPSA) is 71.0 Å². The first-order chi connectivity index (χ1) is 12.2. The maximum absolute atomic E-state index is 11.1. The quantitative estimate of drug-likeness (QED) is 0.930. The van der Waals surface area contributed by atoms with Crippen LogP contribution in [0, 0.1) is 22.7 Å². The zero-order chi connectivity index (χ0) is 17.7. The molecule has 25 heavy (non-hydrogen) atoms. The first-order valence-electron chi connectivity index (χ1n) is 8.56. The van der Waals surface area contributed by atoms with Crippen molar-refractivity contribution in [3.63, 3.8) is 0 Å². The highest BCUT2D eigenvalue weighted by atomic mass is 16.3. The van der Waals surface area contributed by atoms with Crippen molar-refractivity contribution in [3.05, 3.63) is 71.8 Å². The third kappa shape index (κ3) is 3.28. The molecule has 3 rings (SSSR count). The molecule has 4 heteroatoms. The van der Waals surface area contributed by atoms with Crippen molar-refractivity contribution in [2.45, 2.75) is 43.5 Å². The van der Waals surface area contributed by atoms with Gasteiger partial charge in [0.25, 0.3) is 0 Å². The standard InChI is InChI=1S/C21H21N3O/c22-14-19-12-7-13-21(16-23,20(25)18-10-5-2-6-11-18)24(19)15-17-8-3-1-4-9-17/h1-6,8-11,19-20,25H,7,12-13,15H2/t19-,20?,21-/m0/s1. The van der Waals surface area contributed by atoms with E-state index in [1.54, 1.807) is 0 Å². The lowest BCUT2D eigenvalue weighted by Crippen LogP contribution is -2.58. The fourth-order valence-corrected chi connectivity index (χ4v) is 3.69. The summed E-state index contributed by atoms with van der Waals surface area (Å²) >= 11 is 0. The van der Waals surface area contributed by atoms with Crippen LogP contribution in [0.5, 0.6) is 0 Å². The SMILES string of the molecule is N#C[C@@H]1CCC[C@](C#N)(C(O)c2ccccc2)N1Cc1ccccc1. The Bertz CT molecular complexity index is 778. The van der Waals surface area contributed by atoms with Gasteiger partial charge in [0.1, 0.15) is 11.6 Å². The Hall–Kier alpha value is -2.66. The summed E-state index contributed by atoms with van der Waals surface area (Å²) in [5.41, 5.74) is 0.640. The van der Waals surface area contributed by atoms with Gasteiger partial charge in [0.2, 0.25) is 0 Å². The van der Waals surface area contributed by atoms with Gasteiger partial charge in [-0.05, 0) is 30.4 Å². The van der Waals surface area contributed by atoms with E-state index in [0.29, 0.717) is 24.9 Å². The van der Waals surface area contributed by atoms with Crippen LogP contribution in [0.25, 0.3) is 0 Å². The molecule has 0 aromatic heterocycles. The minimum atomic E-state index is -1.10. The van der Waals surface area contributed by atoms with Gasteiger partial charge in [-0.25, -0.2) is 0 Å². The molecule has 126 valence electrons. The third-order valence-electron chi connectivity index (χ3n) is 5.03. The van der Waals surface area contributed by atoms with Gasteiger partial charge in [0.05, 0.1) is 18.2 Å². The van der Waals surface area contributed by atoms with Crippen LogP contribution in [-0.2, 0) is 6.54 Å². The van der Waals surface area contributed by atoms with Crippen LogP contribution in [-0.4, -0.2) is 21.6 Å². The maximum atomic E-state index is 11.1. The van der Waals surface area contributed by atoms with E-state index in [1.165, 1.54) is 0 Å². The highest BCUT2D eigenvalue weighted by Crippen LogP contribution is 2.41. The summed E-state index contributed by atoms with van der Waals surface area (Å²) < 4.78 is 0. The molecule has 1 heterocycles. The molecule has 1 unspecified atom stereocenters. The minimum Gasteiger partial charge on any atom is -0.385 e. The number of benzene rings is 2. The van der Waals surface area contributed by atoms with Gasteiger partial charge < -0.3 is 5.11 Å². The number of aliphatic hydroxyl groups excluding tert-OH is 1. The molecule has 0 bridgehead atoms. The molecule has 1 saturated heterocycles. The van der Waals surface area contributed by atoms with Crippen molar-refractivity contribution in [2.24, 2.45) is 0 Å². The van der Waals surface area contributed by atoms with Crippen LogP contribution < -0.4 is 0 Å². The number of nitriles is 2. The largest absolute Gasteiger partial charge is 0.385 e. The number of aliphatic hydroxyl groups is 1. The van der Waals surface area contributed by atoms with Crippen molar-refractivity contribution in [3.8, 4) is 12.1 Å². The Morgan fingerprint density at radius 3 is 2.32 bits per heavy atom. The summed E-state index contributed by atoms with van der Waals surface area (Å²) in [6, 6.07) is 23.4. The van der Waals surface area contributed by atoms with Gasteiger partial charge >= 0.3 is 0 Å². The van der Waals surface area contributed by atoms with E-state index in [4.69, 9.17) is 0 Å². The predicted molar refractivity (Wildman–Crippen MR) is 95.0 cm³/mol. The Labute approximate surface area is 148 Å². The molecule has 2 aromatic carbocycles. The second kappa shape index (κ2) is 7.49. The zero-order valence-corrected chi connectivity index (χ0v) is 14.0. The van der Waals surface area contributed by atoms with Gasteiger partial charge in [0, 0.05) is 6.54 Å². The summed E-state index contributed by atoms with van der Waals surface area (Å²) in [6.07, 6.45) is 1.05. The molecule has 0 amide bonds. The molecular weight excluding hydrogens is 310 g/mol. The van der Waals surface area contributed by atoms with Crippen LogP contribution in [0.1, 0.15) is 36.5 Å². The van der Waals surface area contributed by atoms with Crippen molar-refractivity contribution < 1.29 is 5.11 Å². The molecule has 0 radical (unpaired) electrons. The monoisotopic (exact) mass is 331 g/mol. The average Bonchev–Trinajstić information content (AvgIpc) is 2.69. The second-order valence-corrected chi connectivity index (χ2v) is 6.50. The van der Waals surface area contributed by atoms with Crippen molar-refractivity contribution in [1.29, 1.82) is 10.5 Å². The van der Waals surface area contributed by atoms with Crippen molar-refractivity contribution >= 4 is 0 Å². The molecule has 2 aromatic rings. The van der Waals surface area contributed by atoms with E-state index in [2.05, 4.69) is 12.1 Å². The van der Waals surface area contributed by atoms with Crippen LogP contribution in [0.3, 0.4) is 0 Å². The predicted octanol–water partition coefficient (Wildman–Crippen LogP) is 3.56. The number of nitrogens with zero attached hydrogens (tertiary/aromatic N) is 3. The van der Waals surface area contributed by atoms with E-state index >= 15 is 0 Å². The van der Waals surface area contributed by atoms with Crippen LogP contribution in [0.15, 0.2) is 60.7 Å². The van der Waals surface area contributed by atoms with Gasteiger partial charge in [-0.15, -0.1) is 0 Å². The minimum absolute atomic E-state index is 0.382. The summed E-state index contributed by atoms with van der Waals surface area (Å²) in [7, 11) is 0. The van der Waals surface area contributed by atoms with Crippen LogP contribution in [0.4, 0.5) is 0 Å². The number of hydrogen-bond acceptors (Lipinski definition) is 4. The van der Waals surface area contributed by atoms with E-state index in [1.807, 2.05) is 65.6 Å². The lowest BCUT2D eigenvalue weighted by atomic mass is 9.77. The molecule has 0 aliphatic carbocycles. The number of hydrogen-bond donors (Lipinski definition) is 1. The van der Waals surface area contributed by atoms with E-state index in [0.717, 1.165) is 12.0 Å². The third-order valence-corrected chi connectivity index (χ3v) is 5.03. The highest BCUT2D eigenvalue weighted by Gasteiger charge is 2.49.